The van der Waals surface area contributed by atoms with Crippen LogP contribution in [0, 0.1) is 0 Å². The van der Waals surface area contributed by atoms with E-state index in [2.05, 4.69) is 15.8 Å². The molecule has 0 aromatic carbocycles. The number of nitrogens with one attached hydrogen (secondary N) is 2. The Morgan fingerprint density at radius 1 is 1.50 bits per heavy atom. The number of hydrogen-bond donors (Lipinski definition) is 2. The Morgan fingerprint density at radius 3 is 3.07 bits per heavy atom. The van der Waals surface area contributed by atoms with Crippen LogP contribution in [0.4, 0.5) is 0 Å². The van der Waals surface area contributed by atoms with E-state index in [1.807, 2.05) is 6.07 Å². The van der Waals surface area contributed by atoms with Crippen molar-refractivity contribution < 1.29 is 4.52 Å². The van der Waals surface area contributed by atoms with Crippen molar-refractivity contribution in [1.82, 2.24) is 15.8 Å². The van der Waals surface area contributed by atoms with Crippen LogP contribution in [-0.2, 0) is 6.42 Å². The molecule has 1 saturated heterocycles. The van der Waals surface area contributed by atoms with Crippen LogP contribution < -0.4 is 10.6 Å². The van der Waals surface area contributed by atoms with Gasteiger partial charge in [0.25, 0.3) is 0 Å². The first-order chi connectivity index (χ1) is 6.95. The molecule has 1 aromatic rings. The quantitative estimate of drug-likeness (QED) is 0.737. The van der Waals surface area contributed by atoms with Gasteiger partial charge >= 0.3 is 0 Å². The molecule has 0 radical (unpaired) electrons. The Balaban J connectivity index is 1.62. The molecule has 1 fully saturated rings. The molecule has 2 rings (SSSR count). The smallest absolute Gasteiger partial charge is 0.137 e. The second kappa shape index (κ2) is 5.12. The summed E-state index contributed by atoms with van der Waals surface area (Å²) in [6, 6.07) is 2.60. The van der Waals surface area contributed by atoms with Crippen molar-refractivity contribution in [3.05, 3.63) is 18.0 Å². The van der Waals surface area contributed by atoms with E-state index >= 15 is 0 Å². The Morgan fingerprint density at radius 2 is 2.36 bits per heavy atom. The third kappa shape index (κ3) is 2.82. The zero-order valence-electron chi connectivity index (χ0n) is 8.33. The fraction of sp³-hybridized carbons (Fsp3) is 0.700. The van der Waals surface area contributed by atoms with E-state index in [0.29, 0.717) is 6.04 Å². The van der Waals surface area contributed by atoms with Crippen molar-refractivity contribution >= 4 is 0 Å². The summed E-state index contributed by atoms with van der Waals surface area (Å²) in [4.78, 5) is 0. The van der Waals surface area contributed by atoms with Crippen LogP contribution in [0.3, 0.4) is 0 Å². The first-order valence-electron chi connectivity index (χ1n) is 5.29. The molecule has 2 N–H and O–H groups in total. The van der Waals surface area contributed by atoms with Crippen molar-refractivity contribution in [2.24, 2.45) is 0 Å². The molecule has 4 nitrogen and oxygen atoms in total. The highest BCUT2D eigenvalue weighted by Gasteiger charge is 2.11. The zero-order chi connectivity index (χ0) is 9.64. The van der Waals surface area contributed by atoms with Crippen molar-refractivity contribution in [1.29, 1.82) is 0 Å². The van der Waals surface area contributed by atoms with Crippen LogP contribution in [0.2, 0.25) is 0 Å². The molecule has 1 aliphatic heterocycles. The monoisotopic (exact) mass is 195 g/mol. The lowest BCUT2D eigenvalue weighted by Crippen LogP contribution is -2.40. The highest BCUT2D eigenvalue weighted by atomic mass is 16.5. The van der Waals surface area contributed by atoms with Crippen LogP contribution in [-0.4, -0.2) is 30.8 Å². The van der Waals surface area contributed by atoms with E-state index in [1.54, 1.807) is 6.20 Å². The maximum absolute atomic E-state index is 5.02. The van der Waals surface area contributed by atoms with Gasteiger partial charge in [0, 0.05) is 25.1 Å². The van der Waals surface area contributed by atoms with Gasteiger partial charge in [-0.3, -0.25) is 0 Å². The van der Waals surface area contributed by atoms with Gasteiger partial charge in [0.05, 0.1) is 6.20 Å². The predicted octanol–water partition coefficient (Wildman–Crippen LogP) is 0.559. The summed E-state index contributed by atoms with van der Waals surface area (Å²) in [5.74, 6) is 0.964. The second-order valence-electron chi connectivity index (χ2n) is 3.71. The minimum Gasteiger partial charge on any atom is -0.361 e. The van der Waals surface area contributed by atoms with Gasteiger partial charge in [-0.05, 0) is 25.9 Å². The molecule has 0 saturated carbocycles. The second-order valence-corrected chi connectivity index (χ2v) is 3.71. The Kier molecular flexibility index (Phi) is 3.54. The fourth-order valence-electron chi connectivity index (χ4n) is 1.80. The lowest BCUT2D eigenvalue weighted by molar-refractivity contribution is 0.361. The molecule has 0 spiro atoms. The van der Waals surface area contributed by atoms with E-state index in [9.17, 15) is 0 Å². The van der Waals surface area contributed by atoms with Crippen molar-refractivity contribution in [2.75, 3.05) is 19.6 Å². The van der Waals surface area contributed by atoms with Gasteiger partial charge in [0.1, 0.15) is 5.76 Å². The molecule has 2 heterocycles. The summed E-state index contributed by atoms with van der Waals surface area (Å²) in [6.07, 6.45) is 5.09. The van der Waals surface area contributed by atoms with E-state index in [1.165, 1.54) is 12.8 Å². The molecular weight excluding hydrogens is 178 g/mol. The highest BCUT2D eigenvalue weighted by molar-refractivity contribution is 4.93. The van der Waals surface area contributed by atoms with E-state index in [-0.39, 0.29) is 0 Å². The van der Waals surface area contributed by atoms with Crippen LogP contribution in [0.1, 0.15) is 18.6 Å². The van der Waals surface area contributed by atoms with E-state index in [4.69, 9.17) is 4.52 Å². The van der Waals surface area contributed by atoms with Gasteiger partial charge in [-0.15, -0.1) is 0 Å². The van der Waals surface area contributed by atoms with Gasteiger partial charge in [0.2, 0.25) is 0 Å². The number of hydrogen-bond acceptors (Lipinski definition) is 4. The molecule has 0 atom stereocenters. The van der Waals surface area contributed by atoms with Crippen LogP contribution >= 0.6 is 0 Å². The van der Waals surface area contributed by atoms with Gasteiger partial charge in [-0.25, -0.2) is 0 Å². The molecular formula is C10H17N3O. The molecule has 1 aromatic heterocycles. The highest BCUT2D eigenvalue weighted by Crippen LogP contribution is 2.02. The summed E-state index contributed by atoms with van der Waals surface area (Å²) in [6.45, 7) is 3.26. The molecule has 0 unspecified atom stereocenters. The number of rotatable bonds is 4. The first-order valence-corrected chi connectivity index (χ1v) is 5.29. The Hall–Kier alpha value is -0.870. The first kappa shape index (κ1) is 9.68. The SMILES string of the molecule is c1cc(CCNC2CCNCC2)on1. The zero-order valence-corrected chi connectivity index (χ0v) is 8.33. The molecule has 78 valence electrons. The van der Waals surface area contributed by atoms with Gasteiger partial charge in [-0.2, -0.15) is 0 Å². The fourth-order valence-corrected chi connectivity index (χ4v) is 1.80. The van der Waals surface area contributed by atoms with Gasteiger partial charge in [0.15, 0.2) is 0 Å². The third-order valence-electron chi connectivity index (χ3n) is 2.63. The summed E-state index contributed by atoms with van der Waals surface area (Å²) in [5, 5.41) is 10.6. The van der Waals surface area contributed by atoms with Gasteiger partial charge < -0.3 is 15.2 Å². The average Bonchev–Trinajstić information content (AvgIpc) is 2.72. The maximum atomic E-state index is 5.02. The number of aromatic nitrogens is 1. The molecule has 4 heteroatoms. The summed E-state index contributed by atoms with van der Waals surface area (Å²) < 4.78 is 5.02. The van der Waals surface area contributed by atoms with Gasteiger partial charge in [-0.1, -0.05) is 5.16 Å². The normalized spacial score (nSPS) is 18.6. The molecule has 0 bridgehead atoms. The van der Waals surface area contributed by atoms with E-state index < -0.39 is 0 Å². The predicted molar refractivity (Wildman–Crippen MR) is 54.1 cm³/mol. The van der Waals surface area contributed by atoms with Crippen molar-refractivity contribution in [3.8, 4) is 0 Å². The Labute approximate surface area is 84.0 Å². The lowest BCUT2D eigenvalue weighted by Gasteiger charge is -2.23. The van der Waals surface area contributed by atoms with Crippen LogP contribution in [0.5, 0.6) is 0 Å². The number of piperidine rings is 1. The minimum atomic E-state index is 0.680. The minimum absolute atomic E-state index is 0.680. The molecule has 14 heavy (non-hydrogen) atoms. The van der Waals surface area contributed by atoms with Crippen LogP contribution in [0.15, 0.2) is 16.8 Å². The Bertz CT molecular complexity index is 242. The standard InChI is InChI=1S/C10H17N3O/c1-5-11-6-2-9(1)12-7-3-10-4-8-13-14-10/h4,8-9,11-12H,1-3,5-7H2. The third-order valence-corrected chi connectivity index (χ3v) is 2.63. The maximum Gasteiger partial charge on any atom is 0.137 e. The summed E-state index contributed by atoms with van der Waals surface area (Å²) in [5.41, 5.74) is 0. The topological polar surface area (TPSA) is 50.1 Å². The summed E-state index contributed by atoms with van der Waals surface area (Å²) in [7, 11) is 0. The van der Waals surface area contributed by atoms with E-state index in [0.717, 1.165) is 31.8 Å². The average molecular weight is 195 g/mol. The number of nitrogens with zero attached hydrogens (tertiary/aromatic N) is 1. The van der Waals surface area contributed by atoms with Crippen LogP contribution in [0.25, 0.3) is 0 Å². The summed E-state index contributed by atoms with van der Waals surface area (Å²) >= 11 is 0. The molecule has 0 amide bonds. The van der Waals surface area contributed by atoms with Crippen molar-refractivity contribution in [2.45, 2.75) is 25.3 Å². The molecule has 1 aliphatic rings. The molecule has 0 aliphatic carbocycles. The lowest BCUT2D eigenvalue weighted by atomic mass is 10.1. The van der Waals surface area contributed by atoms with Crippen molar-refractivity contribution in [3.63, 3.8) is 0 Å². The largest absolute Gasteiger partial charge is 0.361 e.